The molecule has 0 saturated carbocycles. The summed E-state index contributed by atoms with van der Waals surface area (Å²) in [4.78, 5) is 4.41. The number of rotatable bonds is 4. The van der Waals surface area contributed by atoms with Crippen molar-refractivity contribution in [2.24, 2.45) is 5.73 Å². The lowest BCUT2D eigenvalue weighted by molar-refractivity contribution is 0.604. The van der Waals surface area contributed by atoms with E-state index >= 15 is 0 Å². The molecule has 2 aromatic rings. The largest absolute Gasteiger partial charge is 0.321 e. The number of nitrogens with two attached hydrogens (primary N) is 1. The Morgan fingerprint density at radius 2 is 2.06 bits per heavy atom. The van der Waals surface area contributed by atoms with E-state index in [2.05, 4.69) is 22.1 Å². The second kappa shape index (κ2) is 4.90. The molecule has 0 aliphatic carbocycles. The number of aromatic amines is 1. The molecule has 0 saturated heterocycles. The van der Waals surface area contributed by atoms with Crippen molar-refractivity contribution in [2.75, 3.05) is 0 Å². The summed E-state index contributed by atoms with van der Waals surface area (Å²) in [5.41, 5.74) is 6.97. The van der Waals surface area contributed by atoms with Crippen LogP contribution < -0.4 is 5.73 Å². The van der Waals surface area contributed by atoms with Gasteiger partial charge in [0.1, 0.15) is 5.82 Å². The van der Waals surface area contributed by atoms with Crippen LogP contribution in [0.2, 0.25) is 0 Å². The van der Waals surface area contributed by atoms with Gasteiger partial charge in [-0.3, -0.25) is 5.10 Å². The van der Waals surface area contributed by atoms with Crippen LogP contribution in [0.5, 0.6) is 0 Å². The zero-order valence-electron chi connectivity index (χ0n) is 9.35. The minimum Gasteiger partial charge on any atom is -0.321 e. The first-order chi connectivity index (χ1) is 7.81. The van der Waals surface area contributed by atoms with Gasteiger partial charge in [0.05, 0.1) is 6.04 Å². The monoisotopic (exact) mass is 216 g/mol. The fraction of sp³-hybridized carbons (Fsp3) is 0.333. The van der Waals surface area contributed by atoms with Crippen LogP contribution in [-0.4, -0.2) is 15.2 Å². The summed E-state index contributed by atoms with van der Waals surface area (Å²) in [5, 5.41) is 7.08. The topological polar surface area (TPSA) is 67.6 Å². The summed E-state index contributed by atoms with van der Waals surface area (Å²) < 4.78 is 0. The summed E-state index contributed by atoms with van der Waals surface area (Å²) in [6, 6.07) is 9.83. The van der Waals surface area contributed by atoms with Gasteiger partial charge in [-0.05, 0) is 6.42 Å². The van der Waals surface area contributed by atoms with Gasteiger partial charge in [-0.2, -0.15) is 5.10 Å². The van der Waals surface area contributed by atoms with Crippen LogP contribution >= 0.6 is 0 Å². The highest BCUT2D eigenvalue weighted by atomic mass is 15.2. The Hall–Kier alpha value is -1.68. The van der Waals surface area contributed by atoms with E-state index in [1.807, 2.05) is 30.3 Å². The van der Waals surface area contributed by atoms with Crippen molar-refractivity contribution in [3.05, 3.63) is 36.2 Å². The van der Waals surface area contributed by atoms with E-state index in [-0.39, 0.29) is 6.04 Å². The average molecular weight is 216 g/mol. The molecule has 84 valence electrons. The molecule has 3 N–H and O–H groups in total. The van der Waals surface area contributed by atoms with Gasteiger partial charge >= 0.3 is 0 Å². The third-order valence-corrected chi connectivity index (χ3v) is 2.49. The highest BCUT2D eigenvalue weighted by molar-refractivity contribution is 5.53. The lowest BCUT2D eigenvalue weighted by atomic mass is 10.2. The van der Waals surface area contributed by atoms with Crippen molar-refractivity contribution in [1.82, 2.24) is 15.2 Å². The van der Waals surface area contributed by atoms with E-state index in [0.717, 1.165) is 24.2 Å². The van der Waals surface area contributed by atoms with Gasteiger partial charge in [0.15, 0.2) is 5.82 Å². The normalized spacial score (nSPS) is 12.6. The first-order valence-corrected chi connectivity index (χ1v) is 5.54. The van der Waals surface area contributed by atoms with Gasteiger partial charge in [-0.1, -0.05) is 43.7 Å². The first-order valence-electron chi connectivity index (χ1n) is 5.54. The molecule has 0 fully saturated rings. The molecule has 4 nitrogen and oxygen atoms in total. The molecule has 2 rings (SSSR count). The van der Waals surface area contributed by atoms with Crippen LogP contribution in [0.15, 0.2) is 30.3 Å². The zero-order chi connectivity index (χ0) is 11.4. The predicted octanol–water partition coefficient (Wildman–Crippen LogP) is 2.27. The standard InChI is InChI=1S/C12H16N4/c1-2-6-10(13)12-14-11(15-16-12)9-7-4-3-5-8-9/h3-5,7-8,10H,2,6,13H2,1H3,(H,14,15,16). The third kappa shape index (κ3) is 2.28. The van der Waals surface area contributed by atoms with Crippen LogP contribution in [0.4, 0.5) is 0 Å². The fourth-order valence-electron chi connectivity index (χ4n) is 1.60. The Morgan fingerprint density at radius 1 is 1.31 bits per heavy atom. The van der Waals surface area contributed by atoms with Crippen molar-refractivity contribution in [1.29, 1.82) is 0 Å². The van der Waals surface area contributed by atoms with Crippen LogP contribution in [0.1, 0.15) is 31.6 Å². The minimum absolute atomic E-state index is 0.0463. The number of hydrogen-bond donors (Lipinski definition) is 2. The maximum Gasteiger partial charge on any atom is 0.181 e. The Morgan fingerprint density at radius 3 is 2.75 bits per heavy atom. The number of benzene rings is 1. The Balaban J connectivity index is 2.20. The second-order valence-electron chi connectivity index (χ2n) is 3.81. The van der Waals surface area contributed by atoms with Crippen molar-refractivity contribution < 1.29 is 0 Å². The second-order valence-corrected chi connectivity index (χ2v) is 3.81. The zero-order valence-corrected chi connectivity index (χ0v) is 9.35. The third-order valence-electron chi connectivity index (χ3n) is 2.49. The molecular formula is C12H16N4. The molecular weight excluding hydrogens is 200 g/mol. The van der Waals surface area contributed by atoms with Gasteiger partial charge in [0.2, 0.25) is 0 Å². The van der Waals surface area contributed by atoms with Crippen LogP contribution in [0.25, 0.3) is 11.4 Å². The molecule has 0 bridgehead atoms. The Labute approximate surface area is 94.9 Å². The molecule has 4 heteroatoms. The summed E-state index contributed by atoms with van der Waals surface area (Å²) >= 11 is 0. The molecule has 1 heterocycles. The molecule has 0 aliphatic rings. The first kappa shape index (κ1) is 10.8. The minimum atomic E-state index is -0.0463. The maximum atomic E-state index is 5.96. The van der Waals surface area contributed by atoms with Crippen LogP contribution in [0, 0.1) is 0 Å². The van der Waals surface area contributed by atoms with E-state index < -0.39 is 0 Å². The highest BCUT2D eigenvalue weighted by Crippen LogP contribution is 2.17. The Kier molecular flexibility index (Phi) is 3.31. The number of H-pyrrole nitrogens is 1. The molecule has 0 aliphatic heterocycles. The number of nitrogens with zero attached hydrogens (tertiary/aromatic N) is 2. The number of aromatic nitrogens is 3. The molecule has 0 spiro atoms. The summed E-state index contributed by atoms with van der Waals surface area (Å²) in [5.74, 6) is 1.47. The molecule has 0 amide bonds. The Bertz CT molecular complexity index is 435. The lowest BCUT2D eigenvalue weighted by Gasteiger charge is -2.04. The van der Waals surface area contributed by atoms with Gasteiger partial charge in [0, 0.05) is 5.56 Å². The van der Waals surface area contributed by atoms with E-state index in [1.54, 1.807) is 0 Å². The maximum absolute atomic E-state index is 5.96. The predicted molar refractivity (Wildman–Crippen MR) is 63.7 cm³/mol. The number of hydrogen-bond acceptors (Lipinski definition) is 3. The quantitative estimate of drug-likeness (QED) is 0.823. The molecule has 16 heavy (non-hydrogen) atoms. The van der Waals surface area contributed by atoms with Crippen molar-refractivity contribution >= 4 is 0 Å². The summed E-state index contributed by atoms with van der Waals surface area (Å²) in [7, 11) is 0. The summed E-state index contributed by atoms with van der Waals surface area (Å²) in [6.45, 7) is 2.11. The average Bonchev–Trinajstić information content (AvgIpc) is 2.80. The van der Waals surface area contributed by atoms with Crippen molar-refractivity contribution in [3.8, 4) is 11.4 Å². The van der Waals surface area contributed by atoms with Gasteiger partial charge in [-0.25, -0.2) is 4.98 Å². The molecule has 0 radical (unpaired) electrons. The van der Waals surface area contributed by atoms with Gasteiger partial charge in [-0.15, -0.1) is 0 Å². The highest BCUT2D eigenvalue weighted by Gasteiger charge is 2.11. The summed E-state index contributed by atoms with van der Waals surface area (Å²) in [6.07, 6.45) is 1.96. The van der Waals surface area contributed by atoms with Gasteiger partial charge in [0.25, 0.3) is 0 Å². The molecule has 1 aromatic carbocycles. The van der Waals surface area contributed by atoms with Gasteiger partial charge < -0.3 is 5.73 Å². The van der Waals surface area contributed by atoms with Crippen LogP contribution in [-0.2, 0) is 0 Å². The molecule has 1 aromatic heterocycles. The van der Waals surface area contributed by atoms with E-state index in [4.69, 9.17) is 5.73 Å². The van der Waals surface area contributed by atoms with Crippen LogP contribution in [0.3, 0.4) is 0 Å². The van der Waals surface area contributed by atoms with Crippen molar-refractivity contribution in [2.45, 2.75) is 25.8 Å². The molecule has 1 unspecified atom stereocenters. The smallest absolute Gasteiger partial charge is 0.181 e. The number of nitrogens with one attached hydrogen (secondary N) is 1. The molecule has 1 atom stereocenters. The fourth-order valence-corrected chi connectivity index (χ4v) is 1.60. The SMILES string of the molecule is CCCC(N)c1nc(-c2ccccc2)n[nH]1. The van der Waals surface area contributed by atoms with E-state index in [9.17, 15) is 0 Å². The lowest BCUT2D eigenvalue weighted by Crippen LogP contribution is -2.11. The van der Waals surface area contributed by atoms with E-state index in [0.29, 0.717) is 5.82 Å². The van der Waals surface area contributed by atoms with Crippen molar-refractivity contribution in [3.63, 3.8) is 0 Å². The van der Waals surface area contributed by atoms with E-state index in [1.165, 1.54) is 0 Å².